The Hall–Kier alpha value is -5.22. The van der Waals surface area contributed by atoms with E-state index in [1.54, 1.807) is 0 Å². The van der Waals surface area contributed by atoms with Gasteiger partial charge in [0.15, 0.2) is 0 Å². The zero-order chi connectivity index (χ0) is 25.5. The molecule has 0 atom stereocenters. The summed E-state index contributed by atoms with van der Waals surface area (Å²) in [6.07, 6.45) is 10.1. The Morgan fingerprint density at radius 2 is 1.03 bits per heavy atom. The lowest BCUT2D eigenvalue weighted by Crippen LogP contribution is -1.83. The number of aromatic amines is 2. The molecule has 2 aliphatic rings. The molecule has 0 unspecified atom stereocenters. The van der Waals surface area contributed by atoms with E-state index in [1.165, 1.54) is 0 Å². The van der Waals surface area contributed by atoms with Crippen molar-refractivity contribution < 1.29 is 0 Å². The summed E-state index contributed by atoms with van der Waals surface area (Å²) in [4.78, 5) is 16.9. The van der Waals surface area contributed by atoms with Crippen LogP contribution in [0, 0.1) is 0 Å². The minimum absolute atomic E-state index is 0.895. The fourth-order valence-electron chi connectivity index (χ4n) is 5.07. The quantitative estimate of drug-likeness (QED) is 0.261. The Bertz CT molecular complexity index is 1920. The average molecular weight is 489 g/mol. The number of aromatic nitrogens is 4. The summed E-state index contributed by atoms with van der Waals surface area (Å²) >= 11 is 0. The second-order valence-electron chi connectivity index (χ2n) is 9.43. The molecule has 3 aromatic heterocycles. The Morgan fingerprint density at radius 1 is 0.526 bits per heavy atom. The molecule has 0 saturated carbocycles. The fraction of sp³-hybridized carbons (Fsp3) is 0. The second-order valence-corrected chi connectivity index (χ2v) is 9.43. The van der Waals surface area contributed by atoms with Gasteiger partial charge in [0.1, 0.15) is 0 Å². The first kappa shape index (κ1) is 22.0. The standard InChI is InChI=1S/C34H24N4/c1-2-22-8-10-24(11-9-22)34-32-21-30-17-15-28(37-30)19-26-13-12-25(35-26)18-27-14-16-29(36-27)20-31(38-32)33(34)23-6-4-3-5-7-23/h2-21,35,38H,1H2. The van der Waals surface area contributed by atoms with Crippen LogP contribution in [-0.4, -0.2) is 19.9 Å². The average Bonchev–Trinajstić information content (AvgIpc) is 3.74. The molecule has 0 radical (unpaired) electrons. The molecule has 0 saturated heterocycles. The molecule has 0 spiro atoms. The number of hydrogen-bond acceptors (Lipinski definition) is 2. The predicted molar refractivity (Wildman–Crippen MR) is 160 cm³/mol. The Balaban J connectivity index is 1.62. The number of nitrogens with zero attached hydrogens (tertiary/aromatic N) is 2. The Morgan fingerprint density at radius 3 is 1.55 bits per heavy atom. The van der Waals surface area contributed by atoms with Crippen LogP contribution in [0.1, 0.15) is 28.3 Å². The molecular formula is C34H24N4. The number of rotatable bonds is 3. The van der Waals surface area contributed by atoms with Crippen molar-refractivity contribution in [2.45, 2.75) is 0 Å². The van der Waals surface area contributed by atoms with Crippen molar-refractivity contribution >= 4 is 52.4 Å². The highest BCUT2D eigenvalue weighted by Crippen LogP contribution is 2.39. The van der Waals surface area contributed by atoms with Crippen molar-refractivity contribution in [2.75, 3.05) is 0 Å². The van der Waals surface area contributed by atoms with Crippen LogP contribution in [-0.2, 0) is 0 Å². The third-order valence-corrected chi connectivity index (χ3v) is 6.84. The van der Waals surface area contributed by atoms with E-state index in [2.05, 4.69) is 114 Å². The fourth-order valence-corrected chi connectivity index (χ4v) is 5.07. The molecule has 4 heteroatoms. The van der Waals surface area contributed by atoms with E-state index in [0.717, 1.165) is 72.7 Å². The molecule has 0 aliphatic carbocycles. The van der Waals surface area contributed by atoms with Gasteiger partial charge in [-0.1, -0.05) is 67.3 Å². The highest BCUT2D eigenvalue weighted by atomic mass is 14.8. The molecule has 2 aliphatic heterocycles. The Labute approximate surface area is 220 Å². The van der Waals surface area contributed by atoms with Gasteiger partial charge in [-0.2, -0.15) is 0 Å². The monoisotopic (exact) mass is 488 g/mol. The zero-order valence-electron chi connectivity index (χ0n) is 20.6. The van der Waals surface area contributed by atoms with Crippen LogP contribution in [0.15, 0.2) is 97.6 Å². The van der Waals surface area contributed by atoms with Gasteiger partial charge in [0.05, 0.1) is 22.8 Å². The van der Waals surface area contributed by atoms with Crippen LogP contribution in [0.3, 0.4) is 0 Å². The third kappa shape index (κ3) is 4.08. The van der Waals surface area contributed by atoms with Gasteiger partial charge in [-0.15, -0.1) is 0 Å². The second kappa shape index (κ2) is 9.02. The molecule has 0 amide bonds. The lowest BCUT2D eigenvalue weighted by Gasteiger charge is -2.07. The maximum absolute atomic E-state index is 4.89. The molecule has 5 heterocycles. The van der Waals surface area contributed by atoms with Gasteiger partial charge in [-0.05, 0) is 77.4 Å². The topological polar surface area (TPSA) is 57.4 Å². The van der Waals surface area contributed by atoms with Crippen LogP contribution in [0.25, 0.3) is 74.7 Å². The van der Waals surface area contributed by atoms with Crippen LogP contribution >= 0.6 is 0 Å². The molecular weight excluding hydrogens is 464 g/mol. The first-order valence-electron chi connectivity index (χ1n) is 12.6. The molecule has 2 N–H and O–H groups in total. The van der Waals surface area contributed by atoms with Crippen molar-refractivity contribution in [1.82, 2.24) is 19.9 Å². The summed E-state index contributed by atoms with van der Waals surface area (Å²) < 4.78 is 0. The molecule has 4 nitrogen and oxygen atoms in total. The largest absolute Gasteiger partial charge is 0.355 e. The summed E-state index contributed by atoms with van der Waals surface area (Å²) in [6.45, 7) is 3.92. The lowest BCUT2D eigenvalue weighted by atomic mass is 9.95. The van der Waals surface area contributed by atoms with E-state index in [1.807, 2.05) is 24.3 Å². The predicted octanol–water partition coefficient (Wildman–Crippen LogP) is 8.63. The van der Waals surface area contributed by atoms with Gasteiger partial charge in [-0.3, -0.25) is 0 Å². The van der Waals surface area contributed by atoms with E-state index in [0.29, 0.717) is 0 Å². The summed E-state index contributed by atoms with van der Waals surface area (Å²) in [5, 5.41) is 0. The highest BCUT2D eigenvalue weighted by Gasteiger charge is 2.16. The summed E-state index contributed by atoms with van der Waals surface area (Å²) in [7, 11) is 0. The highest BCUT2D eigenvalue weighted by molar-refractivity contribution is 6.03. The number of nitrogens with one attached hydrogen (secondary N) is 2. The van der Waals surface area contributed by atoms with E-state index in [-0.39, 0.29) is 0 Å². The van der Waals surface area contributed by atoms with Crippen LogP contribution in [0.5, 0.6) is 0 Å². The maximum Gasteiger partial charge on any atom is 0.0658 e. The van der Waals surface area contributed by atoms with Crippen molar-refractivity contribution in [1.29, 1.82) is 0 Å². The SMILES string of the molecule is C=Cc1ccc(-c2c(-c3ccccc3)c3cc4nc(cc5ccc(cc6nc(cc2[nH]3)C=C6)[nH]5)C=C4)cc1. The molecule has 5 aromatic rings. The summed E-state index contributed by atoms with van der Waals surface area (Å²) in [5.74, 6) is 0. The number of hydrogen-bond donors (Lipinski definition) is 2. The first-order chi connectivity index (χ1) is 18.7. The smallest absolute Gasteiger partial charge is 0.0658 e. The van der Waals surface area contributed by atoms with Gasteiger partial charge in [-0.25, -0.2) is 9.97 Å². The maximum atomic E-state index is 4.89. The van der Waals surface area contributed by atoms with E-state index in [9.17, 15) is 0 Å². The minimum atomic E-state index is 0.895. The Kier molecular flexibility index (Phi) is 5.22. The van der Waals surface area contributed by atoms with Gasteiger partial charge in [0.2, 0.25) is 0 Å². The van der Waals surface area contributed by atoms with Crippen LogP contribution in [0.4, 0.5) is 0 Å². The van der Waals surface area contributed by atoms with Crippen molar-refractivity contribution in [3.63, 3.8) is 0 Å². The lowest BCUT2D eigenvalue weighted by molar-refractivity contribution is 1.31. The van der Waals surface area contributed by atoms with Crippen molar-refractivity contribution in [2.24, 2.45) is 0 Å². The number of H-pyrrole nitrogens is 2. The third-order valence-electron chi connectivity index (χ3n) is 6.84. The van der Waals surface area contributed by atoms with Crippen molar-refractivity contribution in [3.05, 3.63) is 126 Å². The summed E-state index contributed by atoms with van der Waals surface area (Å²) in [5.41, 5.74) is 13.2. The first-order valence-corrected chi connectivity index (χ1v) is 12.6. The molecule has 180 valence electrons. The van der Waals surface area contributed by atoms with E-state index >= 15 is 0 Å². The van der Waals surface area contributed by atoms with E-state index < -0.39 is 0 Å². The van der Waals surface area contributed by atoms with Crippen LogP contribution < -0.4 is 0 Å². The number of benzene rings is 2. The minimum Gasteiger partial charge on any atom is -0.355 e. The van der Waals surface area contributed by atoms with Gasteiger partial charge in [0, 0.05) is 33.2 Å². The van der Waals surface area contributed by atoms with Gasteiger partial charge < -0.3 is 9.97 Å². The zero-order valence-corrected chi connectivity index (χ0v) is 20.6. The molecule has 2 aromatic carbocycles. The van der Waals surface area contributed by atoms with Crippen LogP contribution in [0.2, 0.25) is 0 Å². The molecule has 0 fully saturated rings. The summed E-state index contributed by atoms with van der Waals surface area (Å²) in [6, 6.07) is 31.5. The van der Waals surface area contributed by atoms with Gasteiger partial charge >= 0.3 is 0 Å². The van der Waals surface area contributed by atoms with Crippen molar-refractivity contribution in [3.8, 4) is 22.3 Å². The van der Waals surface area contributed by atoms with Gasteiger partial charge in [0.25, 0.3) is 0 Å². The number of fused-ring (bicyclic) bond motifs is 8. The molecule has 7 rings (SSSR count). The van der Waals surface area contributed by atoms with E-state index in [4.69, 9.17) is 9.97 Å². The molecule has 8 bridgehead atoms. The molecule has 38 heavy (non-hydrogen) atoms. The normalized spacial score (nSPS) is 12.1.